The predicted octanol–water partition coefficient (Wildman–Crippen LogP) is 4.37. The molecule has 1 aliphatic carbocycles. The molecule has 7 nitrogen and oxygen atoms in total. The zero-order valence-electron chi connectivity index (χ0n) is 18.4. The summed E-state index contributed by atoms with van der Waals surface area (Å²) in [5.41, 5.74) is 1.77. The SMILES string of the molecule is CC1=C(C(=O)O)C(c2ccccc2/C=C/C(=O)OC2CCCCCC2)C(C(=O)O)=C(C)N1. The van der Waals surface area contributed by atoms with Gasteiger partial charge in [0.05, 0.1) is 17.1 Å². The molecule has 0 saturated heterocycles. The van der Waals surface area contributed by atoms with Crippen LogP contribution in [0.1, 0.15) is 69.4 Å². The van der Waals surface area contributed by atoms with E-state index in [1.165, 1.54) is 6.08 Å². The molecule has 0 atom stereocenters. The van der Waals surface area contributed by atoms with Crippen molar-refractivity contribution in [3.05, 3.63) is 64.0 Å². The van der Waals surface area contributed by atoms with Crippen LogP contribution in [0.15, 0.2) is 52.9 Å². The highest BCUT2D eigenvalue weighted by Gasteiger charge is 2.37. The Morgan fingerprint density at radius 3 is 2.06 bits per heavy atom. The number of hydrogen-bond donors (Lipinski definition) is 3. The van der Waals surface area contributed by atoms with Gasteiger partial charge in [-0.05, 0) is 56.7 Å². The zero-order chi connectivity index (χ0) is 23.3. The summed E-state index contributed by atoms with van der Waals surface area (Å²) in [6.07, 6.45) is 8.96. The Balaban J connectivity index is 1.94. The van der Waals surface area contributed by atoms with Crippen molar-refractivity contribution in [2.45, 2.75) is 64.4 Å². The summed E-state index contributed by atoms with van der Waals surface area (Å²) in [6.45, 7) is 3.22. The molecule has 1 heterocycles. The van der Waals surface area contributed by atoms with Crippen molar-refractivity contribution in [1.82, 2.24) is 5.32 Å². The molecule has 2 aliphatic rings. The molecular formula is C25H29NO6. The fourth-order valence-electron chi connectivity index (χ4n) is 4.52. The largest absolute Gasteiger partial charge is 0.478 e. The van der Waals surface area contributed by atoms with Crippen LogP contribution in [0.25, 0.3) is 6.08 Å². The molecule has 0 bridgehead atoms. The van der Waals surface area contributed by atoms with E-state index in [1.54, 1.807) is 44.2 Å². The lowest BCUT2D eigenvalue weighted by molar-refractivity contribution is -0.143. The maximum absolute atomic E-state index is 12.4. The zero-order valence-corrected chi connectivity index (χ0v) is 18.4. The number of dihydropyridines is 1. The van der Waals surface area contributed by atoms with Crippen LogP contribution < -0.4 is 5.32 Å². The van der Waals surface area contributed by atoms with Crippen molar-refractivity contribution in [3.8, 4) is 0 Å². The van der Waals surface area contributed by atoms with Crippen molar-refractivity contribution in [3.63, 3.8) is 0 Å². The van der Waals surface area contributed by atoms with E-state index in [4.69, 9.17) is 4.74 Å². The van der Waals surface area contributed by atoms with E-state index < -0.39 is 23.8 Å². The van der Waals surface area contributed by atoms with Gasteiger partial charge in [0.15, 0.2) is 0 Å². The second kappa shape index (κ2) is 10.3. The number of carbonyl (C=O) groups excluding carboxylic acids is 1. The standard InChI is InChI=1S/C25H29NO6/c1-15-21(24(28)29)23(22(25(30)31)16(2)26-15)19-12-8-7-9-17(19)13-14-20(27)32-18-10-5-3-4-6-11-18/h7-9,12-14,18,23,26H,3-6,10-11H2,1-2H3,(H,28,29)(H,30,31)/b14-13+. The lowest BCUT2D eigenvalue weighted by Crippen LogP contribution is -2.31. The average molecular weight is 440 g/mol. The van der Waals surface area contributed by atoms with E-state index in [0.29, 0.717) is 22.5 Å². The first kappa shape index (κ1) is 23.3. The topological polar surface area (TPSA) is 113 Å². The van der Waals surface area contributed by atoms with E-state index in [1.807, 2.05) is 0 Å². The van der Waals surface area contributed by atoms with E-state index in [0.717, 1.165) is 38.5 Å². The molecule has 1 saturated carbocycles. The summed E-state index contributed by atoms with van der Waals surface area (Å²) in [5.74, 6) is -3.83. The first-order valence-electron chi connectivity index (χ1n) is 10.9. The molecule has 0 spiro atoms. The highest BCUT2D eigenvalue weighted by atomic mass is 16.5. The molecule has 1 aromatic rings. The first-order chi connectivity index (χ1) is 15.3. The molecule has 1 aliphatic heterocycles. The lowest BCUT2D eigenvalue weighted by Gasteiger charge is -2.29. The Kier molecular flexibility index (Phi) is 7.51. The van der Waals surface area contributed by atoms with Crippen LogP contribution in [-0.4, -0.2) is 34.2 Å². The monoisotopic (exact) mass is 439 g/mol. The van der Waals surface area contributed by atoms with Gasteiger partial charge in [-0.1, -0.05) is 37.1 Å². The van der Waals surface area contributed by atoms with Gasteiger partial charge >= 0.3 is 17.9 Å². The fourth-order valence-corrected chi connectivity index (χ4v) is 4.52. The number of nitrogens with one attached hydrogen (secondary N) is 1. The van der Waals surface area contributed by atoms with Gasteiger partial charge < -0.3 is 20.3 Å². The molecule has 0 aromatic heterocycles. The number of allylic oxidation sites excluding steroid dienone is 2. The lowest BCUT2D eigenvalue weighted by atomic mass is 9.78. The quantitative estimate of drug-likeness (QED) is 0.343. The van der Waals surface area contributed by atoms with Gasteiger partial charge in [0, 0.05) is 17.5 Å². The highest BCUT2D eigenvalue weighted by molar-refractivity contribution is 5.99. The molecule has 1 fully saturated rings. The predicted molar refractivity (Wildman–Crippen MR) is 120 cm³/mol. The Bertz CT molecular complexity index is 959. The van der Waals surface area contributed by atoms with Crippen LogP contribution in [0.2, 0.25) is 0 Å². The number of esters is 1. The van der Waals surface area contributed by atoms with Crippen LogP contribution in [0, 0.1) is 0 Å². The number of ether oxygens (including phenoxy) is 1. The van der Waals surface area contributed by atoms with Crippen molar-refractivity contribution >= 4 is 24.0 Å². The summed E-state index contributed by atoms with van der Waals surface area (Å²) in [7, 11) is 0. The first-order valence-corrected chi connectivity index (χ1v) is 10.9. The summed E-state index contributed by atoms with van der Waals surface area (Å²) >= 11 is 0. The summed E-state index contributed by atoms with van der Waals surface area (Å²) in [4.78, 5) is 36.5. The molecule has 1 aromatic carbocycles. The molecule has 0 amide bonds. The van der Waals surface area contributed by atoms with Crippen molar-refractivity contribution in [1.29, 1.82) is 0 Å². The minimum Gasteiger partial charge on any atom is -0.478 e. The molecule has 7 heteroatoms. The van der Waals surface area contributed by atoms with E-state index in [-0.39, 0.29) is 17.3 Å². The summed E-state index contributed by atoms with van der Waals surface area (Å²) < 4.78 is 5.59. The van der Waals surface area contributed by atoms with Gasteiger partial charge in [0.25, 0.3) is 0 Å². The minimum atomic E-state index is -1.20. The number of aliphatic carboxylic acids is 2. The van der Waals surface area contributed by atoms with Crippen molar-refractivity contribution in [2.24, 2.45) is 0 Å². The summed E-state index contributed by atoms with van der Waals surface area (Å²) in [5, 5.41) is 22.5. The Labute approximate surface area is 187 Å². The number of benzene rings is 1. The van der Waals surface area contributed by atoms with E-state index in [2.05, 4.69) is 5.32 Å². The van der Waals surface area contributed by atoms with Gasteiger partial charge in [0.1, 0.15) is 6.10 Å². The van der Waals surface area contributed by atoms with Gasteiger partial charge in [0.2, 0.25) is 0 Å². The van der Waals surface area contributed by atoms with Gasteiger partial charge in [-0.25, -0.2) is 14.4 Å². The third kappa shape index (κ3) is 5.28. The number of carbonyl (C=O) groups is 3. The van der Waals surface area contributed by atoms with E-state index in [9.17, 15) is 24.6 Å². The maximum atomic E-state index is 12.4. The number of hydrogen-bond acceptors (Lipinski definition) is 5. The molecule has 0 unspecified atom stereocenters. The fraction of sp³-hybridized carbons (Fsp3) is 0.400. The maximum Gasteiger partial charge on any atom is 0.334 e. The molecule has 3 N–H and O–H groups in total. The Morgan fingerprint density at radius 2 is 1.50 bits per heavy atom. The number of rotatable bonds is 6. The van der Waals surface area contributed by atoms with Crippen LogP contribution in [0.3, 0.4) is 0 Å². The second-order valence-electron chi connectivity index (χ2n) is 8.26. The smallest absolute Gasteiger partial charge is 0.334 e. The van der Waals surface area contributed by atoms with Crippen LogP contribution in [0.4, 0.5) is 0 Å². The highest BCUT2D eigenvalue weighted by Crippen LogP contribution is 2.40. The van der Waals surface area contributed by atoms with Crippen molar-refractivity contribution < 1.29 is 29.3 Å². The summed E-state index contributed by atoms with van der Waals surface area (Å²) in [6, 6.07) is 6.91. The number of carboxylic acids is 2. The van der Waals surface area contributed by atoms with Crippen LogP contribution in [0.5, 0.6) is 0 Å². The van der Waals surface area contributed by atoms with Gasteiger partial charge in [-0.15, -0.1) is 0 Å². The number of carboxylic acid groups (broad SMARTS) is 2. The van der Waals surface area contributed by atoms with E-state index >= 15 is 0 Å². The van der Waals surface area contributed by atoms with Gasteiger partial charge in [-0.3, -0.25) is 0 Å². The van der Waals surface area contributed by atoms with Gasteiger partial charge in [-0.2, -0.15) is 0 Å². The second-order valence-corrected chi connectivity index (χ2v) is 8.26. The Morgan fingerprint density at radius 1 is 0.938 bits per heavy atom. The molecule has 3 rings (SSSR count). The normalized spacial score (nSPS) is 18.4. The third-order valence-corrected chi connectivity index (χ3v) is 6.01. The molecular weight excluding hydrogens is 410 g/mol. The molecule has 0 radical (unpaired) electrons. The third-order valence-electron chi connectivity index (χ3n) is 6.01. The van der Waals surface area contributed by atoms with Crippen LogP contribution >= 0.6 is 0 Å². The average Bonchev–Trinajstić information content (AvgIpc) is 3.00. The minimum absolute atomic E-state index is 0.0325. The molecule has 170 valence electrons. The van der Waals surface area contributed by atoms with Crippen LogP contribution in [-0.2, 0) is 19.1 Å². The molecule has 32 heavy (non-hydrogen) atoms. The Hall–Kier alpha value is -3.35. The van der Waals surface area contributed by atoms with Crippen molar-refractivity contribution in [2.75, 3.05) is 0 Å².